The van der Waals surface area contributed by atoms with E-state index in [0.29, 0.717) is 15.1 Å². The number of nitrogens with zero attached hydrogens (tertiary/aromatic N) is 1. The van der Waals surface area contributed by atoms with Gasteiger partial charge >= 0.3 is 0 Å². The Morgan fingerprint density at radius 1 is 0.448 bits per heavy atom. The molecular formula is C24H17Cl3NP. The number of benzene rings is 4. The summed E-state index contributed by atoms with van der Waals surface area (Å²) < 4.78 is 5.37. The SMILES string of the molecule is Clc1ccc(P(=Nc2ccccc2)(c2ccc(Cl)cc2)c2ccc(Cl)cc2)cc1. The molecule has 0 bridgehead atoms. The first-order chi connectivity index (χ1) is 14.1. The molecule has 0 atom stereocenters. The molecule has 1 nitrogen and oxygen atoms in total. The third kappa shape index (κ3) is 4.29. The van der Waals surface area contributed by atoms with Crippen LogP contribution >= 0.6 is 41.9 Å². The quantitative estimate of drug-likeness (QED) is 0.283. The molecule has 0 unspecified atom stereocenters. The van der Waals surface area contributed by atoms with Crippen LogP contribution in [0, 0.1) is 0 Å². The third-order valence-electron chi connectivity index (χ3n) is 4.62. The lowest BCUT2D eigenvalue weighted by Crippen LogP contribution is -2.25. The first kappa shape index (κ1) is 20.3. The molecule has 0 heterocycles. The molecule has 0 radical (unpaired) electrons. The van der Waals surface area contributed by atoms with Crippen molar-refractivity contribution in [2.24, 2.45) is 4.74 Å². The fraction of sp³-hybridized carbons (Fsp3) is 0. The van der Waals surface area contributed by atoms with Gasteiger partial charge in [0, 0.05) is 31.0 Å². The third-order valence-corrected chi connectivity index (χ3v) is 9.05. The second-order valence-corrected chi connectivity index (χ2v) is 10.8. The van der Waals surface area contributed by atoms with E-state index in [2.05, 4.69) is 36.4 Å². The van der Waals surface area contributed by atoms with Crippen molar-refractivity contribution < 1.29 is 0 Å². The summed E-state index contributed by atoms with van der Waals surface area (Å²) in [5.41, 5.74) is 0.917. The van der Waals surface area contributed by atoms with Crippen LogP contribution in [0.5, 0.6) is 0 Å². The van der Waals surface area contributed by atoms with Crippen molar-refractivity contribution in [2.45, 2.75) is 0 Å². The Labute approximate surface area is 186 Å². The second-order valence-electron chi connectivity index (χ2n) is 6.50. The van der Waals surface area contributed by atoms with Crippen molar-refractivity contribution in [2.75, 3.05) is 0 Å². The number of rotatable bonds is 4. The van der Waals surface area contributed by atoms with Crippen LogP contribution in [0.1, 0.15) is 0 Å². The minimum absolute atomic E-state index is 0.693. The van der Waals surface area contributed by atoms with Gasteiger partial charge in [-0.1, -0.05) is 89.4 Å². The van der Waals surface area contributed by atoms with Crippen LogP contribution in [0.25, 0.3) is 0 Å². The Hall–Kier alpha value is -2.02. The summed E-state index contributed by atoms with van der Waals surface area (Å²) in [4.78, 5) is 0. The van der Waals surface area contributed by atoms with Crippen LogP contribution in [-0.4, -0.2) is 0 Å². The molecule has 29 heavy (non-hydrogen) atoms. The van der Waals surface area contributed by atoms with E-state index in [4.69, 9.17) is 39.5 Å². The Balaban J connectivity index is 2.12. The molecule has 0 aromatic heterocycles. The fourth-order valence-electron chi connectivity index (χ4n) is 3.26. The molecule has 0 spiro atoms. The summed E-state index contributed by atoms with van der Waals surface area (Å²) >= 11 is 18.6. The van der Waals surface area contributed by atoms with E-state index >= 15 is 0 Å². The van der Waals surface area contributed by atoms with Crippen molar-refractivity contribution in [3.8, 4) is 0 Å². The van der Waals surface area contributed by atoms with Gasteiger partial charge in [0.15, 0.2) is 0 Å². The van der Waals surface area contributed by atoms with E-state index in [-0.39, 0.29) is 0 Å². The predicted molar refractivity (Wildman–Crippen MR) is 129 cm³/mol. The van der Waals surface area contributed by atoms with Gasteiger partial charge in [0.1, 0.15) is 0 Å². The Morgan fingerprint density at radius 3 is 1.14 bits per heavy atom. The molecule has 144 valence electrons. The van der Waals surface area contributed by atoms with E-state index in [0.717, 1.165) is 21.6 Å². The van der Waals surface area contributed by atoms with E-state index in [1.807, 2.05) is 66.7 Å². The number of hydrogen-bond acceptors (Lipinski definition) is 1. The molecular weight excluding hydrogens is 440 g/mol. The standard InChI is InChI=1S/C24H17Cl3NP/c25-18-6-12-22(13-7-18)29(23-14-8-19(26)9-15-23,24-16-10-20(27)11-17-24)28-21-4-2-1-3-5-21/h1-17H. The Kier molecular flexibility index (Phi) is 6.13. The topological polar surface area (TPSA) is 12.4 Å². The minimum atomic E-state index is -2.39. The zero-order valence-electron chi connectivity index (χ0n) is 15.3. The molecule has 5 heteroatoms. The summed E-state index contributed by atoms with van der Waals surface area (Å²) in [7, 11) is -2.39. The van der Waals surface area contributed by atoms with Crippen LogP contribution in [0.4, 0.5) is 5.69 Å². The van der Waals surface area contributed by atoms with Gasteiger partial charge in [0.2, 0.25) is 0 Å². The molecule has 0 aliphatic carbocycles. The molecule has 0 amide bonds. The smallest absolute Gasteiger partial charge is 0.0625 e. The minimum Gasteiger partial charge on any atom is -0.254 e. The molecule has 0 aliphatic heterocycles. The monoisotopic (exact) mass is 455 g/mol. The van der Waals surface area contributed by atoms with Crippen molar-refractivity contribution in [1.29, 1.82) is 0 Å². The van der Waals surface area contributed by atoms with E-state index in [1.54, 1.807) is 0 Å². The summed E-state index contributed by atoms with van der Waals surface area (Å²) in [5, 5.41) is 5.40. The summed E-state index contributed by atoms with van der Waals surface area (Å²) in [6, 6.07) is 33.9. The largest absolute Gasteiger partial charge is 0.254 e. The van der Waals surface area contributed by atoms with Gasteiger partial charge in [0.05, 0.1) is 12.7 Å². The van der Waals surface area contributed by atoms with Crippen molar-refractivity contribution in [3.05, 3.63) is 118 Å². The highest BCUT2D eigenvalue weighted by Crippen LogP contribution is 2.49. The van der Waals surface area contributed by atoms with Crippen molar-refractivity contribution >= 4 is 63.5 Å². The van der Waals surface area contributed by atoms with Gasteiger partial charge in [-0.3, -0.25) is 4.74 Å². The molecule has 0 saturated carbocycles. The van der Waals surface area contributed by atoms with E-state index in [9.17, 15) is 0 Å². The lowest BCUT2D eigenvalue weighted by atomic mass is 10.3. The maximum atomic E-state index is 6.20. The van der Waals surface area contributed by atoms with Crippen LogP contribution < -0.4 is 15.9 Å². The fourth-order valence-corrected chi connectivity index (χ4v) is 7.10. The molecule has 0 fully saturated rings. The van der Waals surface area contributed by atoms with Gasteiger partial charge in [-0.05, 0) is 48.5 Å². The first-order valence-corrected chi connectivity index (χ1v) is 11.9. The highest BCUT2D eigenvalue weighted by atomic mass is 35.5. The summed E-state index contributed by atoms with van der Waals surface area (Å²) in [6.07, 6.45) is 0. The van der Waals surface area contributed by atoms with Crippen LogP contribution in [0.3, 0.4) is 0 Å². The highest BCUT2D eigenvalue weighted by molar-refractivity contribution is 7.87. The van der Waals surface area contributed by atoms with E-state index < -0.39 is 7.05 Å². The maximum Gasteiger partial charge on any atom is 0.0625 e. The normalized spacial score (nSPS) is 11.3. The molecule has 0 saturated heterocycles. The Bertz CT molecular complexity index is 1040. The average Bonchev–Trinajstić information content (AvgIpc) is 2.75. The zero-order valence-corrected chi connectivity index (χ0v) is 18.5. The highest BCUT2D eigenvalue weighted by Gasteiger charge is 2.27. The zero-order chi connectivity index (χ0) is 20.3. The average molecular weight is 457 g/mol. The van der Waals surface area contributed by atoms with Crippen molar-refractivity contribution in [1.82, 2.24) is 0 Å². The second kappa shape index (κ2) is 8.78. The van der Waals surface area contributed by atoms with Gasteiger partial charge in [-0.2, -0.15) is 0 Å². The molecule has 0 N–H and O–H groups in total. The van der Waals surface area contributed by atoms with Gasteiger partial charge < -0.3 is 0 Å². The van der Waals surface area contributed by atoms with Gasteiger partial charge in [-0.25, -0.2) is 0 Å². The lowest BCUT2D eigenvalue weighted by Gasteiger charge is -2.27. The first-order valence-electron chi connectivity index (χ1n) is 9.04. The van der Waals surface area contributed by atoms with Crippen LogP contribution in [-0.2, 0) is 0 Å². The molecule has 4 aromatic carbocycles. The Morgan fingerprint density at radius 2 is 0.793 bits per heavy atom. The summed E-state index contributed by atoms with van der Waals surface area (Å²) in [6.45, 7) is 0. The number of halogens is 3. The van der Waals surface area contributed by atoms with Gasteiger partial charge in [0.25, 0.3) is 0 Å². The van der Waals surface area contributed by atoms with Crippen LogP contribution in [0.15, 0.2) is 108 Å². The van der Waals surface area contributed by atoms with Crippen LogP contribution in [0.2, 0.25) is 15.1 Å². The van der Waals surface area contributed by atoms with E-state index in [1.165, 1.54) is 0 Å². The lowest BCUT2D eigenvalue weighted by molar-refractivity contribution is 1.55. The number of hydrogen-bond donors (Lipinski definition) is 0. The molecule has 0 aliphatic rings. The van der Waals surface area contributed by atoms with Crippen molar-refractivity contribution in [3.63, 3.8) is 0 Å². The summed E-state index contributed by atoms with van der Waals surface area (Å²) in [5.74, 6) is 0. The molecule has 4 aromatic rings. The van der Waals surface area contributed by atoms with Gasteiger partial charge in [-0.15, -0.1) is 0 Å². The molecule has 4 rings (SSSR count). The predicted octanol–water partition coefficient (Wildman–Crippen LogP) is 7.46. The maximum absolute atomic E-state index is 6.20.